The number of nitrogens with zero attached hydrogens (tertiary/aromatic N) is 1. The summed E-state index contributed by atoms with van der Waals surface area (Å²) in [6, 6.07) is -0.640. The highest BCUT2D eigenvalue weighted by atomic mass is 16.6. The minimum Gasteiger partial charge on any atom is -0.444 e. The van der Waals surface area contributed by atoms with Gasteiger partial charge in [-0.2, -0.15) is 0 Å². The monoisotopic (exact) mass is 257 g/mol. The van der Waals surface area contributed by atoms with E-state index < -0.39 is 23.6 Å². The second kappa shape index (κ2) is 5.24. The van der Waals surface area contributed by atoms with Gasteiger partial charge in [-0.25, -0.2) is 4.79 Å². The van der Waals surface area contributed by atoms with E-state index in [0.717, 1.165) is 0 Å². The molecule has 1 heterocycles. The molecule has 0 saturated carbocycles. The minimum atomic E-state index is -0.640. The predicted octanol–water partition coefficient (Wildman–Crippen LogP) is -0.403. The van der Waals surface area contributed by atoms with E-state index in [1.54, 1.807) is 20.8 Å². The molecule has 0 bridgehead atoms. The van der Waals surface area contributed by atoms with E-state index in [2.05, 4.69) is 5.32 Å². The number of carbonyl (C=O) groups excluding carboxylic acids is 3. The first-order valence-corrected chi connectivity index (χ1v) is 5.75. The quantitative estimate of drug-likeness (QED) is 0.718. The maximum atomic E-state index is 11.8. The van der Waals surface area contributed by atoms with Crippen molar-refractivity contribution >= 4 is 17.9 Å². The zero-order valence-electron chi connectivity index (χ0n) is 10.9. The van der Waals surface area contributed by atoms with Crippen molar-refractivity contribution in [1.82, 2.24) is 10.2 Å². The Kier molecular flexibility index (Phi) is 4.15. The maximum Gasteiger partial charge on any atom is 0.408 e. The average Bonchev–Trinajstić information content (AvgIpc) is 2.46. The summed E-state index contributed by atoms with van der Waals surface area (Å²) in [6.07, 6.45) is -0.187. The number of hydrogen-bond donors (Lipinski definition) is 2. The van der Waals surface area contributed by atoms with E-state index in [1.807, 2.05) is 0 Å². The lowest BCUT2D eigenvalue weighted by molar-refractivity contribution is -0.133. The van der Waals surface area contributed by atoms with Crippen LogP contribution in [0.1, 0.15) is 27.2 Å². The van der Waals surface area contributed by atoms with E-state index in [1.165, 1.54) is 4.90 Å². The normalized spacial score (nSPS) is 19.8. The van der Waals surface area contributed by atoms with Crippen molar-refractivity contribution in [3.63, 3.8) is 0 Å². The third-order valence-electron chi connectivity index (χ3n) is 2.34. The molecular weight excluding hydrogens is 238 g/mol. The number of hydrogen-bond acceptors (Lipinski definition) is 4. The van der Waals surface area contributed by atoms with Gasteiger partial charge >= 0.3 is 6.09 Å². The van der Waals surface area contributed by atoms with Gasteiger partial charge in [0.05, 0.1) is 6.54 Å². The number of likely N-dealkylation sites (tertiary alicyclic amines) is 1. The summed E-state index contributed by atoms with van der Waals surface area (Å²) in [6.45, 7) is 5.50. The summed E-state index contributed by atoms with van der Waals surface area (Å²) in [5.74, 6) is -0.874. The highest BCUT2D eigenvalue weighted by molar-refractivity contribution is 5.90. The fourth-order valence-corrected chi connectivity index (χ4v) is 1.67. The molecule has 0 aliphatic carbocycles. The van der Waals surface area contributed by atoms with E-state index in [-0.39, 0.29) is 12.5 Å². The van der Waals surface area contributed by atoms with E-state index >= 15 is 0 Å². The molecule has 3 N–H and O–H groups in total. The van der Waals surface area contributed by atoms with Gasteiger partial charge in [-0.15, -0.1) is 0 Å². The molecule has 1 rings (SSSR count). The van der Waals surface area contributed by atoms with Crippen molar-refractivity contribution in [3.8, 4) is 0 Å². The zero-order chi connectivity index (χ0) is 13.9. The summed E-state index contributed by atoms with van der Waals surface area (Å²) < 4.78 is 5.05. The van der Waals surface area contributed by atoms with Gasteiger partial charge < -0.3 is 20.7 Å². The fourth-order valence-electron chi connectivity index (χ4n) is 1.67. The Labute approximate surface area is 106 Å². The van der Waals surface area contributed by atoms with E-state index in [0.29, 0.717) is 13.0 Å². The molecule has 0 aromatic carbocycles. The molecule has 0 spiro atoms. The number of ether oxygens (including phenoxy) is 1. The van der Waals surface area contributed by atoms with Crippen LogP contribution >= 0.6 is 0 Å². The van der Waals surface area contributed by atoms with Gasteiger partial charge in [-0.05, 0) is 27.2 Å². The van der Waals surface area contributed by atoms with E-state index in [4.69, 9.17) is 10.5 Å². The number of nitrogens with two attached hydrogens (primary N) is 1. The number of nitrogens with one attached hydrogen (secondary N) is 1. The Morgan fingerprint density at radius 1 is 1.50 bits per heavy atom. The summed E-state index contributed by atoms with van der Waals surface area (Å²) in [5, 5.41) is 2.48. The van der Waals surface area contributed by atoms with Crippen LogP contribution in [-0.2, 0) is 14.3 Å². The van der Waals surface area contributed by atoms with Gasteiger partial charge in [0.1, 0.15) is 11.6 Å². The largest absolute Gasteiger partial charge is 0.444 e. The van der Waals surface area contributed by atoms with Crippen molar-refractivity contribution in [1.29, 1.82) is 0 Å². The summed E-state index contributed by atoms with van der Waals surface area (Å²) in [5.41, 5.74) is 4.41. The Morgan fingerprint density at radius 2 is 2.11 bits per heavy atom. The van der Waals surface area contributed by atoms with Crippen LogP contribution in [0.5, 0.6) is 0 Å². The van der Waals surface area contributed by atoms with Crippen LogP contribution in [0.25, 0.3) is 0 Å². The average molecular weight is 257 g/mol. The van der Waals surface area contributed by atoms with E-state index in [9.17, 15) is 14.4 Å². The Bertz CT molecular complexity index is 362. The van der Waals surface area contributed by atoms with Crippen molar-refractivity contribution in [2.45, 2.75) is 38.8 Å². The molecule has 0 unspecified atom stereocenters. The zero-order valence-corrected chi connectivity index (χ0v) is 10.9. The lowest BCUT2D eigenvalue weighted by Crippen LogP contribution is -2.45. The smallest absolute Gasteiger partial charge is 0.408 e. The lowest BCUT2D eigenvalue weighted by Gasteiger charge is -2.21. The molecule has 1 fully saturated rings. The molecule has 0 aromatic heterocycles. The maximum absolute atomic E-state index is 11.8. The van der Waals surface area contributed by atoms with Gasteiger partial charge in [0.2, 0.25) is 11.8 Å². The van der Waals surface area contributed by atoms with Gasteiger partial charge in [0, 0.05) is 6.54 Å². The third-order valence-corrected chi connectivity index (χ3v) is 2.34. The molecule has 102 valence electrons. The molecular formula is C11H19N3O4. The van der Waals surface area contributed by atoms with Crippen molar-refractivity contribution in [3.05, 3.63) is 0 Å². The first-order valence-electron chi connectivity index (χ1n) is 5.75. The molecule has 1 atom stereocenters. The Hall–Kier alpha value is -1.79. The van der Waals surface area contributed by atoms with Gasteiger partial charge in [0.25, 0.3) is 0 Å². The highest BCUT2D eigenvalue weighted by Gasteiger charge is 2.34. The van der Waals surface area contributed by atoms with Crippen LogP contribution in [0.2, 0.25) is 0 Å². The molecule has 18 heavy (non-hydrogen) atoms. The summed E-state index contributed by atoms with van der Waals surface area (Å²) >= 11 is 0. The van der Waals surface area contributed by atoms with Crippen molar-refractivity contribution in [2.75, 3.05) is 13.1 Å². The Morgan fingerprint density at radius 3 is 2.61 bits per heavy atom. The van der Waals surface area contributed by atoms with Gasteiger partial charge in [-0.1, -0.05) is 0 Å². The SMILES string of the molecule is CC(C)(C)OC(=O)N[C@H]1CCN(CC(N)=O)C1=O. The van der Waals surface area contributed by atoms with Crippen LogP contribution in [-0.4, -0.2) is 47.5 Å². The van der Waals surface area contributed by atoms with Crippen LogP contribution in [0.4, 0.5) is 4.79 Å². The molecule has 1 aliphatic rings. The molecule has 1 saturated heterocycles. The molecule has 0 radical (unpaired) electrons. The fraction of sp³-hybridized carbons (Fsp3) is 0.727. The first-order chi connectivity index (χ1) is 8.19. The standard InChI is InChI=1S/C11H19N3O4/c1-11(2,3)18-10(17)13-7-4-5-14(9(7)16)6-8(12)15/h7H,4-6H2,1-3H3,(H2,12,15)(H,13,17)/t7-/m0/s1. The van der Waals surface area contributed by atoms with Crippen LogP contribution < -0.4 is 11.1 Å². The van der Waals surface area contributed by atoms with Crippen molar-refractivity contribution in [2.24, 2.45) is 5.73 Å². The number of carbonyl (C=O) groups is 3. The highest BCUT2D eigenvalue weighted by Crippen LogP contribution is 2.12. The Balaban J connectivity index is 2.48. The number of rotatable bonds is 3. The molecule has 0 aromatic rings. The second-order valence-corrected chi connectivity index (χ2v) is 5.21. The summed E-state index contributed by atoms with van der Waals surface area (Å²) in [4.78, 5) is 35.3. The molecule has 1 aliphatic heterocycles. The van der Waals surface area contributed by atoms with Crippen LogP contribution in [0.3, 0.4) is 0 Å². The molecule has 7 heteroatoms. The van der Waals surface area contributed by atoms with Crippen LogP contribution in [0, 0.1) is 0 Å². The molecule has 7 nitrogen and oxygen atoms in total. The van der Waals surface area contributed by atoms with Crippen molar-refractivity contribution < 1.29 is 19.1 Å². The number of alkyl carbamates (subject to hydrolysis) is 1. The third kappa shape index (κ3) is 4.23. The lowest BCUT2D eigenvalue weighted by atomic mass is 10.2. The minimum absolute atomic E-state index is 0.120. The first kappa shape index (κ1) is 14.3. The topological polar surface area (TPSA) is 102 Å². The number of primary amides is 1. The second-order valence-electron chi connectivity index (χ2n) is 5.21. The predicted molar refractivity (Wildman–Crippen MR) is 63.5 cm³/mol. The molecule has 3 amide bonds. The van der Waals surface area contributed by atoms with Crippen LogP contribution in [0.15, 0.2) is 0 Å². The van der Waals surface area contributed by atoms with Gasteiger partial charge in [0.15, 0.2) is 0 Å². The summed E-state index contributed by atoms with van der Waals surface area (Å²) in [7, 11) is 0. The number of amides is 3. The van der Waals surface area contributed by atoms with Gasteiger partial charge in [-0.3, -0.25) is 9.59 Å².